The predicted octanol–water partition coefficient (Wildman–Crippen LogP) is 2.59. The molecule has 23 heavy (non-hydrogen) atoms. The van der Waals surface area contributed by atoms with E-state index in [1.165, 1.54) is 4.90 Å². The lowest BCUT2D eigenvalue weighted by molar-refractivity contribution is -0.139. The zero-order chi connectivity index (χ0) is 16.8. The third-order valence-electron chi connectivity index (χ3n) is 5.13. The predicted molar refractivity (Wildman–Crippen MR) is 88.6 cm³/mol. The van der Waals surface area contributed by atoms with Crippen molar-refractivity contribution >= 4 is 17.7 Å². The van der Waals surface area contributed by atoms with Crippen LogP contribution >= 0.6 is 0 Å². The Bertz CT molecular complexity index is 442. The molecule has 0 saturated carbocycles. The Labute approximate surface area is 139 Å². The molecule has 0 N–H and O–H groups in total. The van der Waals surface area contributed by atoms with Crippen LogP contribution in [0.15, 0.2) is 0 Å². The van der Waals surface area contributed by atoms with Crippen LogP contribution in [-0.4, -0.2) is 47.2 Å². The van der Waals surface area contributed by atoms with Crippen molar-refractivity contribution < 1.29 is 14.4 Å². The number of unbranched alkanes of at least 4 members (excludes halogenated alkanes) is 3. The van der Waals surface area contributed by atoms with Crippen LogP contribution in [-0.2, 0) is 14.4 Å². The summed E-state index contributed by atoms with van der Waals surface area (Å²) in [6.45, 7) is 6.43. The zero-order valence-corrected chi connectivity index (χ0v) is 14.6. The van der Waals surface area contributed by atoms with E-state index < -0.39 is 0 Å². The highest BCUT2D eigenvalue weighted by Gasteiger charge is 2.34. The van der Waals surface area contributed by atoms with E-state index in [4.69, 9.17) is 0 Å². The SMILES string of the molecule is CC1CCN(C(=O)CCCCCCN2C(=O)CC(C)C2=O)CC1. The van der Waals surface area contributed by atoms with E-state index in [2.05, 4.69) is 6.92 Å². The van der Waals surface area contributed by atoms with Crippen LogP contribution in [0.5, 0.6) is 0 Å². The van der Waals surface area contributed by atoms with Crippen molar-refractivity contribution in [3.63, 3.8) is 0 Å². The van der Waals surface area contributed by atoms with E-state index in [9.17, 15) is 14.4 Å². The van der Waals surface area contributed by atoms with Gasteiger partial charge < -0.3 is 4.90 Å². The third kappa shape index (κ3) is 5.05. The van der Waals surface area contributed by atoms with Crippen molar-refractivity contribution in [2.45, 2.75) is 65.2 Å². The average Bonchev–Trinajstić information content (AvgIpc) is 2.77. The van der Waals surface area contributed by atoms with Gasteiger partial charge in [-0.05, 0) is 31.6 Å². The standard InChI is InChI=1S/C18H30N2O3/c1-14-8-11-19(12-9-14)16(21)7-5-3-4-6-10-20-17(22)13-15(2)18(20)23/h14-15H,3-13H2,1-2H3. The van der Waals surface area contributed by atoms with E-state index in [0.717, 1.165) is 57.5 Å². The summed E-state index contributed by atoms with van der Waals surface area (Å²) in [5.41, 5.74) is 0. The summed E-state index contributed by atoms with van der Waals surface area (Å²) in [5.74, 6) is 0.835. The van der Waals surface area contributed by atoms with Crippen molar-refractivity contribution in [2.75, 3.05) is 19.6 Å². The summed E-state index contributed by atoms with van der Waals surface area (Å²) in [5, 5.41) is 0. The lowest BCUT2D eigenvalue weighted by Gasteiger charge is -2.30. The molecule has 0 aliphatic carbocycles. The van der Waals surface area contributed by atoms with Crippen molar-refractivity contribution in [2.24, 2.45) is 11.8 Å². The first-order chi connectivity index (χ1) is 11.0. The number of carbonyl (C=O) groups excluding carboxylic acids is 3. The second-order valence-corrected chi connectivity index (χ2v) is 7.22. The number of hydrogen-bond donors (Lipinski definition) is 0. The fourth-order valence-electron chi connectivity index (χ4n) is 3.40. The molecule has 2 aliphatic rings. The molecular weight excluding hydrogens is 292 g/mol. The van der Waals surface area contributed by atoms with Crippen molar-refractivity contribution in [1.82, 2.24) is 9.80 Å². The number of likely N-dealkylation sites (tertiary alicyclic amines) is 2. The van der Waals surface area contributed by atoms with Crippen LogP contribution in [0.2, 0.25) is 0 Å². The highest BCUT2D eigenvalue weighted by Crippen LogP contribution is 2.20. The first-order valence-electron chi connectivity index (χ1n) is 9.11. The Morgan fingerprint density at radius 1 is 1.04 bits per heavy atom. The molecule has 5 heteroatoms. The summed E-state index contributed by atoms with van der Waals surface area (Å²) in [4.78, 5) is 38.9. The van der Waals surface area contributed by atoms with Gasteiger partial charge in [0.25, 0.3) is 0 Å². The van der Waals surface area contributed by atoms with Crippen LogP contribution in [0.4, 0.5) is 0 Å². The molecule has 1 unspecified atom stereocenters. The minimum absolute atomic E-state index is 0.0236. The van der Waals surface area contributed by atoms with Crippen LogP contribution in [0.25, 0.3) is 0 Å². The maximum atomic E-state index is 12.1. The number of amides is 3. The molecule has 0 bridgehead atoms. The third-order valence-corrected chi connectivity index (χ3v) is 5.13. The van der Waals surface area contributed by atoms with Gasteiger partial charge in [0.1, 0.15) is 0 Å². The second kappa shape index (κ2) is 8.46. The largest absolute Gasteiger partial charge is 0.343 e. The van der Waals surface area contributed by atoms with E-state index in [-0.39, 0.29) is 23.6 Å². The first-order valence-corrected chi connectivity index (χ1v) is 9.11. The van der Waals surface area contributed by atoms with E-state index in [1.807, 2.05) is 11.8 Å². The van der Waals surface area contributed by atoms with E-state index in [1.54, 1.807) is 0 Å². The highest BCUT2D eigenvalue weighted by molar-refractivity contribution is 6.03. The van der Waals surface area contributed by atoms with Gasteiger partial charge >= 0.3 is 0 Å². The summed E-state index contributed by atoms with van der Waals surface area (Å²) in [7, 11) is 0. The lowest BCUT2D eigenvalue weighted by atomic mass is 9.99. The molecular formula is C18H30N2O3. The van der Waals surface area contributed by atoms with Gasteiger partial charge in [-0.25, -0.2) is 0 Å². The lowest BCUT2D eigenvalue weighted by Crippen LogP contribution is -2.37. The molecule has 2 fully saturated rings. The smallest absolute Gasteiger partial charge is 0.232 e. The van der Waals surface area contributed by atoms with Gasteiger partial charge in [-0.2, -0.15) is 0 Å². The molecule has 2 aliphatic heterocycles. The van der Waals surface area contributed by atoms with Gasteiger partial charge in [0, 0.05) is 38.4 Å². The van der Waals surface area contributed by atoms with Gasteiger partial charge in [0.2, 0.25) is 17.7 Å². The molecule has 1 atom stereocenters. The second-order valence-electron chi connectivity index (χ2n) is 7.22. The Kier molecular flexibility index (Phi) is 6.60. The monoisotopic (exact) mass is 322 g/mol. The normalized spacial score (nSPS) is 23.0. The van der Waals surface area contributed by atoms with Crippen LogP contribution < -0.4 is 0 Å². The average molecular weight is 322 g/mol. The maximum absolute atomic E-state index is 12.1. The molecule has 2 heterocycles. The number of carbonyl (C=O) groups is 3. The molecule has 0 radical (unpaired) electrons. The first kappa shape index (κ1) is 18.0. The minimum Gasteiger partial charge on any atom is -0.343 e. The quantitative estimate of drug-likeness (QED) is 0.535. The van der Waals surface area contributed by atoms with Crippen molar-refractivity contribution in [3.8, 4) is 0 Å². The van der Waals surface area contributed by atoms with Gasteiger partial charge in [-0.3, -0.25) is 19.3 Å². The van der Waals surface area contributed by atoms with Crippen LogP contribution in [0.3, 0.4) is 0 Å². The molecule has 2 saturated heterocycles. The van der Waals surface area contributed by atoms with Crippen molar-refractivity contribution in [1.29, 1.82) is 0 Å². The Morgan fingerprint density at radius 2 is 1.70 bits per heavy atom. The fourth-order valence-corrected chi connectivity index (χ4v) is 3.40. The van der Waals surface area contributed by atoms with Gasteiger partial charge in [-0.1, -0.05) is 26.7 Å². The Hall–Kier alpha value is -1.39. The Morgan fingerprint density at radius 3 is 2.30 bits per heavy atom. The minimum atomic E-state index is -0.146. The summed E-state index contributed by atoms with van der Waals surface area (Å²) >= 11 is 0. The maximum Gasteiger partial charge on any atom is 0.232 e. The molecule has 0 aromatic rings. The number of hydrogen-bond acceptors (Lipinski definition) is 3. The zero-order valence-electron chi connectivity index (χ0n) is 14.6. The molecule has 5 nitrogen and oxygen atoms in total. The van der Waals surface area contributed by atoms with Crippen LogP contribution in [0, 0.1) is 11.8 Å². The van der Waals surface area contributed by atoms with E-state index in [0.29, 0.717) is 19.4 Å². The fraction of sp³-hybridized carbons (Fsp3) is 0.833. The molecule has 0 spiro atoms. The molecule has 0 aromatic carbocycles. The molecule has 130 valence electrons. The summed E-state index contributed by atoms with van der Waals surface area (Å²) in [6.07, 6.45) is 6.96. The number of rotatable bonds is 7. The highest BCUT2D eigenvalue weighted by atomic mass is 16.2. The van der Waals surface area contributed by atoms with Gasteiger partial charge in [0.15, 0.2) is 0 Å². The van der Waals surface area contributed by atoms with Crippen LogP contribution in [0.1, 0.15) is 65.2 Å². The summed E-state index contributed by atoms with van der Waals surface area (Å²) < 4.78 is 0. The van der Waals surface area contributed by atoms with Gasteiger partial charge in [-0.15, -0.1) is 0 Å². The Balaban J connectivity index is 1.53. The molecule has 3 amide bonds. The van der Waals surface area contributed by atoms with Crippen molar-refractivity contribution in [3.05, 3.63) is 0 Å². The molecule has 0 aromatic heterocycles. The number of nitrogens with zero attached hydrogens (tertiary/aromatic N) is 2. The van der Waals surface area contributed by atoms with Gasteiger partial charge in [0.05, 0.1) is 0 Å². The topological polar surface area (TPSA) is 57.7 Å². The number of piperidine rings is 1. The number of imide groups is 1. The molecule has 2 rings (SSSR count). The summed E-state index contributed by atoms with van der Waals surface area (Å²) in [6, 6.07) is 0. The van der Waals surface area contributed by atoms with E-state index >= 15 is 0 Å².